The summed E-state index contributed by atoms with van der Waals surface area (Å²) >= 11 is -1.77. The largest absolute Gasteiger partial charge is 0.685 e. The smallest absolute Gasteiger partial charge is 0.634 e. The highest BCUT2D eigenvalue weighted by atomic mass is 35.6. The van der Waals surface area contributed by atoms with Gasteiger partial charge in [-0.15, -0.1) is 0 Å². The van der Waals surface area contributed by atoms with Crippen molar-refractivity contribution in [1.29, 1.82) is 0 Å². The first-order chi connectivity index (χ1) is 8.59. The summed E-state index contributed by atoms with van der Waals surface area (Å²) in [4.78, 5) is 4.55. The van der Waals surface area contributed by atoms with Crippen molar-refractivity contribution >= 4 is 29.3 Å². The van der Waals surface area contributed by atoms with E-state index in [2.05, 4.69) is 66.5 Å². The molecule has 0 aromatic rings. The highest BCUT2D eigenvalue weighted by Gasteiger charge is 2.38. The topological polar surface area (TPSA) is 21.6 Å². The summed E-state index contributed by atoms with van der Waals surface area (Å²) in [5.74, 6) is 1.71. The molecule has 4 heteroatoms. The Bertz CT molecular complexity index is 330. The highest BCUT2D eigenvalue weighted by Crippen LogP contribution is 2.32. The summed E-state index contributed by atoms with van der Waals surface area (Å²) in [7, 11) is 6.47. The summed E-state index contributed by atoms with van der Waals surface area (Å²) < 4.78 is 6.14. The molecular formula is C15H29AlClNO. The molecule has 0 bridgehead atoms. The fraction of sp³-hybridized carbons (Fsp3) is 0.800. The van der Waals surface area contributed by atoms with E-state index in [0.29, 0.717) is 11.8 Å². The molecule has 0 amide bonds. The SMILES string of the molecule is CCN=C(/C=C(\[O][Al]([Cl])[C](C)(C)C)C(C)C)C(C)C. The molecule has 0 fully saturated rings. The van der Waals surface area contributed by atoms with Crippen LogP contribution < -0.4 is 0 Å². The first-order valence-corrected chi connectivity index (χ1v) is 9.95. The Labute approximate surface area is 128 Å². The summed E-state index contributed by atoms with van der Waals surface area (Å²) in [6.07, 6.45) is 2.09. The molecular weight excluding hydrogens is 273 g/mol. The Morgan fingerprint density at radius 1 is 1.21 bits per heavy atom. The number of rotatable bonds is 6. The van der Waals surface area contributed by atoms with Gasteiger partial charge in [-0.25, -0.2) is 10.0 Å². The number of hydrogen-bond donors (Lipinski definition) is 0. The van der Waals surface area contributed by atoms with Crippen molar-refractivity contribution in [1.82, 2.24) is 0 Å². The van der Waals surface area contributed by atoms with E-state index in [1.54, 1.807) is 0 Å². The van der Waals surface area contributed by atoms with Crippen molar-refractivity contribution in [2.45, 2.75) is 59.7 Å². The molecule has 0 atom stereocenters. The zero-order valence-electron chi connectivity index (χ0n) is 13.7. The third-order valence-corrected chi connectivity index (χ3v) is 6.78. The summed E-state index contributed by atoms with van der Waals surface area (Å²) in [6, 6.07) is 0. The zero-order chi connectivity index (χ0) is 15.2. The Kier molecular flexibility index (Phi) is 8.36. The Balaban J connectivity index is 5.16. The number of halogens is 1. The van der Waals surface area contributed by atoms with Gasteiger partial charge in [0.25, 0.3) is 0 Å². The third kappa shape index (κ3) is 7.40. The molecule has 0 spiro atoms. The predicted octanol–water partition coefficient (Wildman–Crippen LogP) is 5.19. The van der Waals surface area contributed by atoms with Crippen LogP contribution in [0.25, 0.3) is 0 Å². The monoisotopic (exact) mass is 301 g/mol. The highest BCUT2D eigenvalue weighted by molar-refractivity contribution is 7.04. The van der Waals surface area contributed by atoms with Gasteiger partial charge in [-0.1, -0.05) is 48.5 Å². The van der Waals surface area contributed by atoms with E-state index in [0.717, 1.165) is 18.0 Å². The summed E-state index contributed by atoms with van der Waals surface area (Å²) in [5, 5.41) is 0. The number of hydrogen-bond acceptors (Lipinski definition) is 2. The molecule has 2 nitrogen and oxygen atoms in total. The molecule has 0 N–H and O–H groups in total. The second-order valence-electron chi connectivity index (χ2n) is 6.56. The normalized spacial score (nSPS) is 14.3. The molecule has 0 heterocycles. The Hall–Kier alpha value is 0.0325. The Morgan fingerprint density at radius 3 is 2.05 bits per heavy atom. The molecule has 0 aliphatic heterocycles. The standard InChI is InChI=1S/C11H21NO.C4H9.Al.ClH/c1-6-12-10(8(2)3)7-11(13)9(4)5;1-4(2)3;;/h7-9,13H,6H2,1-5H3;1-3H3;;1H/q;;+2;/p-2/b11-7-,12-10?;;;. The van der Waals surface area contributed by atoms with Crippen LogP contribution in [-0.4, -0.2) is 25.8 Å². The molecule has 19 heavy (non-hydrogen) atoms. The van der Waals surface area contributed by atoms with E-state index in [1.807, 2.05) is 0 Å². The fourth-order valence-electron chi connectivity index (χ4n) is 1.36. The number of allylic oxidation sites excluding steroid dienone is 2. The van der Waals surface area contributed by atoms with Gasteiger partial charge in [-0.2, -0.15) is 0 Å². The molecule has 0 aromatic carbocycles. The summed E-state index contributed by atoms with van der Waals surface area (Å²) in [5.41, 5.74) is 1.10. The van der Waals surface area contributed by atoms with Crippen molar-refractivity contribution in [2.24, 2.45) is 16.8 Å². The minimum absolute atomic E-state index is 0.0510. The van der Waals surface area contributed by atoms with Crippen molar-refractivity contribution < 1.29 is 3.79 Å². The average Bonchev–Trinajstić information content (AvgIpc) is 2.25. The maximum atomic E-state index is 6.47. The van der Waals surface area contributed by atoms with Gasteiger partial charge in [-0.05, 0) is 23.2 Å². The zero-order valence-corrected chi connectivity index (χ0v) is 15.7. The van der Waals surface area contributed by atoms with E-state index < -0.39 is 13.6 Å². The predicted molar refractivity (Wildman–Crippen MR) is 88.1 cm³/mol. The van der Waals surface area contributed by atoms with Gasteiger partial charge in [0.2, 0.25) is 0 Å². The molecule has 0 aromatic heterocycles. The molecule has 0 saturated carbocycles. The lowest BCUT2D eigenvalue weighted by Crippen LogP contribution is -2.25. The van der Waals surface area contributed by atoms with Crippen LogP contribution in [0.4, 0.5) is 0 Å². The van der Waals surface area contributed by atoms with Crippen molar-refractivity contribution in [3.63, 3.8) is 0 Å². The van der Waals surface area contributed by atoms with Crippen LogP contribution >= 0.6 is 10.0 Å². The maximum Gasteiger partial charge on any atom is 0.685 e. The molecule has 0 rings (SSSR count). The summed E-state index contributed by atoms with van der Waals surface area (Å²) in [6.45, 7) is 17.9. The molecule has 0 unspecified atom stereocenters. The van der Waals surface area contributed by atoms with Gasteiger partial charge < -0.3 is 3.79 Å². The van der Waals surface area contributed by atoms with Crippen molar-refractivity contribution in [2.75, 3.05) is 6.54 Å². The molecule has 0 saturated heterocycles. The van der Waals surface area contributed by atoms with E-state index in [9.17, 15) is 0 Å². The maximum absolute atomic E-state index is 6.47. The minimum atomic E-state index is -1.77. The Morgan fingerprint density at radius 2 is 1.74 bits per heavy atom. The molecule has 0 aliphatic carbocycles. The van der Waals surface area contributed by atoms with E-state index in [1.165, 1.54) is 0 Å². The van der Waals surface area contributed by atoms with Crippen LogP contribution in [0.3, 0.4) is 0 Å². The quantitative estimate of drug-likeness (QED) is 0.376. The number of aliphatic imine (C=N–C) groups is 1. The van der Waals surface area contributed by atoms with E-state index >= 15 is 0 Å². The van der Waals surface area contributed by atoms with Crippen LogP contribution in [0.5, 0.6) is 0 Å². The van der Waals surface area contributed by atoms with Crippen molar-refractivity contribution in [3.05, 3.63) is 11.8 Å². The van der Waals surface area contributed by atoms with Gasteiger partial charge in [-0.3, -0.25) is 4.99 Å². The van der Waals surface area contributed by atoms with Gasteiger partial charge in [0.15, 0.2) is 0 Å². The lowest BCUT2D eigenvalue weighted by atomic mass is 10.0. The lowest BCUT2D eigenvalue weighted by molar-refractivity contribution is 0.365. The van der Waals surface area contributed by atoms with Crippen LogP contribution in [0.15, 0.2) is 16.8 Å². The number of nitrogens with zero attached hydrogens (tertiary/aromatic N) is 1. The van der Waals surface area contributed by atoms with Crippen LogP contribution in [0.1, 0.15) is 55.4 Å². The first-order valence-electron chi connectivity index (χ1n) is 7.16. The second-order valence-corrected chi connectivity index (χ2v) is 10.3. The van der Waals surface area contributed by atoms with Crippen LogP contribution in [0, 0.1) is 11.8 Å². The first kappa shape index (κ1) is 19.0. The molecule has 110 valence electrons. The fourth-order valence-corrected chi connectivity index (χ4v) is 2.60. The van der Waals surface area contributed by atoms with Crippen LogP contribution in [0.2, 0.25) is 4.28 Å². The van der Waals surface area contributed by atoms with E-state index in [4.69, 9.17) is 13.8 Å². The van der Waals surface area contributed by atoms with Gasteiger partial charge in [0.05, 0.1) is 5.76 Å². The van der Waals surface area contributed by atoms with Gasteiger partial charge >= 0.3 is 13.6 Å². The minimum Gasteiger partial charge on any atom is -0.634 e. The third-order valence-electron chi connectivity index (χ3n) is 2.71. The average molecular weight is 302 g/mol. The van der Waals surface area contributed by atoms with Gasteiger partial charge in [0.1, 0.15) is 0 Å². The molecule has 0 aliphatic rings. The lowest BCUT2D eigenvalue weighted by Gasteiger charge is -2.25. The molecule has 0 radical (unpaired) electrons. The van der Waals surface area contributed by atoms with E-state index in [-0.39, 0.29) is 4.28 Å². The van der Waals surface area contributed by atoms with Gasteiger partial charge in [0, 0.05) is 18.2 Å². The van der Waals surface area contributed by atoms with Crippen LogP contribution in [-0.2, 0) is 3.79 Å². The second kappa shape index (κ2) is 8.35. The van der Waals surface area contributed by atoms with Crippen molar-refractivity contribution in [3.8, 4) is 0 Å².